The average molecular weight is 430 g/mol. The van der Waals surface area contributed by atoms with Crippen LogP contribution in [0.3, 0.4) is 0 Å². The smallest absolute Gasteiger partial charge is 0.261 e. The van der Waals surface area contributed by atoms with E-state index in [9.17, 15) is 13.2 Å². The fourth-order valence-corrected chi connectivity index (χ4v) is 4.21. The van der Waals surface area contributed by atoms with Crippen LogP contribution in [-0.4, -0.2) is 38.4 Å². The third-order valence-corrected chi connectivity index (χ3v) is 6.07. The van der Waals surface area contributed by atoms with Crippen LogP contribution in [0.2, 0.25) is 5.02 Å². The second-order valence-electron chi connectivity index (χ2n) is 6.17. The normalized spacial score (nSPS) is 16.7. The molecule has 27 heavy (non-hydrogen) atoms. The molecule has 146 valence electrons. The first kappa shape index (κ1) is 21.5. The predicted molar refractivity (Wildman–Crippen MR) is 109 cm³/mol. The van der Waals surface area contributed by atoms with Crippen molar-refractivity contribution in [2.24, 2.45) is 5.73 Å². The maximum absolute atomic E-state index is 12.6. The Bertz CT molecular complexity index is 887. The van der Waals surface area contributed by atoms with E-state index in [2.05, 4.69) is 4.72 Å². The molecule has 0 spiro atoms. The van der Waals surface area contributed by atoms with E-state index < -0.39 is 10.0 Å². The zero-order valence-corrected chi connectivity index (χ0v) is 16.9. The molecule has 1 amide bonds. The molecule has 0 aromatic heterocycles. The van der Waals surface area contributed by atoms with Crippen molar-refractivity contribution in [2.45, 2.75) is 23.8 Å². The molecule has 0 bridgehead atoms. The lowest BCUT2D eigenvalue weighted by atomic mass is 10.1. The van der Waals surface area contributed by atoms with Crippen molar-refractivity contribution in [3.05, 3.63) is 59.1 Å². The molecular weight excluding hydrogens is 409 g/mol. The number of halogens is 2. The number of carbonyl (C=O) groups is 1. The number of benzene rings is 2. The average Bonchev–Trinajstić information content (AvgIpc) is 3.12. The number of carbonyl (C=O) groups excluding carboxylic acids is 1. The summed E-state index contributed by atoms with van der Waals surface area (Å²) >= 11 is 5.80. The summed E-state index contributed by atoms with van der Waals surface area (Å²) in [5, 5.41) is 0.522. The number of nitrogens with zero attached hydrogens (tertiary/aromatic N) is 1. The summed E-state index contributed by atoms with van der Waals surface area (Å²) in [5.74, 6) is -0.118. The third kappa shape index (κ3) is 4.93. The number of amides is 1. The summed E-state index contributed by atoms with van der Waals surface area (Å²) < 4.78 is 27.4. The molecule has 1 fully saturated rings. The van der Waals surface area contributed by atoms with Gasteiger partial charge in [-0.3, -0.25) is 9.52 Å². The Morgan fingerprint density at radius 1 is 1.15 bits per heavy atom. The number of hydrogen-bond donors (Lipinski definition) is 2. The van der Waals surface area contributed by atoms with Gasteiger partial charge in [-0.1, -0.05) is 11.6 Å². The zero-order chi connectivity index (χ0) is 18.7. The van der Waals surface area contributed by atoms with E-state index in [-0.39, 0.29) is 29.3 Å². The molecule has 0 aliphatic carbocycles. The molecule has 1 heterocycles. The number of hydrogen-bond acceptors (Lipinski definition) is 4. The molecule has 3 rings (SSSR count). The minimum atomic E-state index is -3.74. The summed E-state index contributed by atoms with van der Waals surface area (Å²) in [6.45, 7) is 1.11. The van der Waals surface area contributed by atoms with Gasteiger partial charge in [0.1, 0.15) is 0 Å². The number of sulfonamides is 1. The highest BCUT2D eigenvalue weighted by Crippen LogP contribution is 2.22. The van der Waals surface area contributed by atoms with E-state index in [1.165, 1.54) is 24.3 Å². The van der Waals surface area contributed by atoms with Crippen LogP contribution in [0, 0.1) is 0 Å². The van der Waals surface area contributed by atoms with Gasteiger partial charge in [0.2, 0.25) is 0 Å². The quantitative estimate of drug-likeness (QED) is 0.763. The van der Waals surface area contributed by atoms with E-state index in [0.717, 1.165) is 12.8 Å². The molecule has 2 aromatic rings. The van der Waals surface area contributed by atoms with Crippen LogP contribution in [0.15, 0.2) is 53.4 Å². The fraction of sp³-hybridized carbons (Fsp3) is 0.278. The van der Waals surface area contributed by atoms with E-state index in [4.69, 9.17) is 17.3 Å². The number of likely N-dealkylation sites (tertiary alicyclic amines) is 1. The van der Waals surface area contributed by atoms with Crippen molar-refractivity contribution < 1.29 is 13.2 Å². The van der Waals surface area contributed by atoms with Gasteiger partial charge in [-0.15, -0.1) is 12.4 Å². The van der Waals surface area contributed by atoms with Crippen molar-refractivity contribution in [2.75, 3.05) is 17.8 Å². The van der Waals surface area contributed by atoms with Crippen LogP contribution in [0.1, 0.15) is 23.2 Å². The van der Waals surface area contributed by atoms with Gasteiger partial charge in [0.05, 0.1) is 4.90 Å². The summed E-state index contributed by atoms with van der Waals surface area (Å²) in [5.41, 5.74) is 6.58. The van der Waals surface area contributed by atoms with Crippen LogP contribution in [0.5, 0.6) is 0 Å². The highest BCUT2D eigenvalue weighted by atomic mass is 35.5. The standard InChI is InChI=1S/C18H20ClN3O3S.ClH/c19-14-5-7-15(8-6-14)21-26(24,25)17-9-3-13(4-10-17)18(23)22-11-1-2-16(22)12-20;/h3-10,16,21H,1-2,11-12,20H2;1H. The third-order valence-electron chi connectivity index (χ3n) is 4.42. The lowest BCUT2D eigenvalue weighted by molar-refractivity contribution is 0.0741. The minimum absolute atomic E-state index is 0. The molecule has 6 nitrogen and oxygen atoms in total. The van der Waals surface area contributed by atoms with Gasteiger partial charge < -0.3 is 10.6 Å². The van der Waals surface area contributed by atoms with E-state index in [1.54, 1.807) is 29.2 Å². The number of nitrogens with two attached hydrogens (primary N) is 1. The maximum atomic E-state index is 12.6. The van der Waals surface area contributed by atoms with Crippen molar-refractivity contribution in [3.8, 4) is 0 Å². The molecular formula is C18H21Cl2N3O3S. The Morgan fingerprint density at radius 2 is 1.78 bits per heavy atom. The molecule has 0 saturated carbocycles. The molecule has 1 atom stereocenters. The highest BCUT2D eigenvalue weighted by molar-refractivity contribution is 7.92. The lowest BCUT2D eigenvalue weighted by Crippen LogP contribution is -2.39. The van der Waals surface area contributed by atoms with Crippen LogP contribution in [0.25, 0.3) is 0 Å². The summed E-state index contributed by atoms with van der Waals surface area (Å²) in [4.78, 5) is 14.4. The zero-order valence-electron chi connectivity index (χ0n) is 14.5. The maximum Gasteiger partial charge on any atom is 0.261 e. The van der Waals surface area contributed by atoms with Gasteiger partial charge in [0.25, 0.3) is 15.9 Å². The highest BCUT2D eigenvalue weighted by Gasteiger charge is 2.28. The minimum Gasteiger partial charge on any atom is -0.334 e. The van der Waals surface area contributed by atoms with E-state index in [1.807, 2.05) is 0 Å². The van der Waals surface area contributed by atoms with Gasteiger partial charge in [-0.05, 0) is 61.4 Å². The molecule has 1 aliphatic rings. The summed E-state index contributed by atoms with van der Waals surface area (Å²) in [6.07, 6.45) is 1.84. The van der Waals surface area contributed by atoms with Crippen LogP contribution < -0.4 is 10.5 Å². The van der Waals surface area contributed by atoms with Crippen molar-refractivity contribution in [1.82, 2.24) is 4.90 Å². The first-order valence-corrected chi connectivity index (χ1v) is 10.2. The Labute approximate surface area is 170 Å². The Balaban J connectivity index is 0.00000261. The van der Waals surface area contributed by atoms with Gasteiger partial charge in [-0.25, -0.2) is 8.42 Å². The second kappa shape index (κ2) is 8.93. The van der Waals surface area contributed by atoms with Gasteiger partial charge in [-0.2, -0.15) is 0 Å². The van der Waals surface area contributed by atoms with Crippen LogP contribution >= 0.6 is 24.0 Å². The van der Waals surface area contributed by atoms with E-state index >= 15 is 0 Å². The predicted octanol–water partition coefficient (Wildman–Crippen LogP) is 3.13. The Morgan fingerprint density at radius 3 is 2.37 bits per heavy atom. The Hall–Kier alpha value is -1.80. The molecule has 0 radical (unpaired) electrons. The van der Waals surface area contributed by atoms with Crippen molar-refractivity contribution in [3.63, 3.8) is 0 Å². The number of rotatable bonds is 5. The lowest BCUT2D eigenvalue weighted by Gasteiger charge is -2.23. The molecule has 1 saturated heterocycles. The van der Waals surface area contributed by atoms with Crippen LogP contribution in [0.4, 0.5) is 5.69 Å². The topological polar surface area (TPSA) is 92.5 Å². The van der Waals surface area contributed by atoms with Gasteiger partial charge >= 0.3 is 0 Å². The second-order valence-corrected chi connectivity index (χ2v) is 8.29. The first-order valence-electron chi connectivity index (χ1n) is 8.30. The molecule has 3 N–H and O–H groups in total. The fourth-order valence-electron chi connectivity index (χ4n) is 3.02. The SMILES string of the molecule is Cl.NCC1CCCN1C(=O)c1ccc(S(=O)(=O)Nc2ccc(Cl)cc2)cc1. The van der Waals surface area contributed by atoms with Crippen molar-refractivity contribution in [1.29, 1.82) is 0 Å². The molecule has 9 heteroatoms. The Kier molecular flexibility index (Phi) is 7.11. The molecule has 1 aliphatic heterocycles. The summed E-state index contributed by atoms with van der Waals surface area (Å²) in [6, 6.07) is 12.3. The summed E-state index contributed by atoms with van der Waals surface area (Å²) in [7, 11) is -3.74. The molecule has 2 aromatic carbocycles. The monoisotopic (exact) mass is 429 g/mol. The van der Waals surface area contributed by atoms with Crippen LogP contribution in [-0.2, 0) is 10.0 Å². The number of anilines is 1. The molecule has 1 unspecified atom stereocenters. The van der Waals surface area contributed by atoms with Gasteiger partial charge in [0, 0.05) is 35.4 Å². The first-order chi connectivity index (χ1) is 12.4. The van der Waals surface area contributed by atoms with E-state index in [0.29, 0.717) is 29.4 Å². The largest absolute Gasteiger partial charge is 0.334 e. The number of nitrogens with one attached hydrogen (secondary N) is 1. The van der Waals surface area contributed by atoms with Crippen molar-refractivity contribution >= 4 is 45.6 Å². The van der Waals surface area contributed by atoms with Gasteiger partial charge in [0.15, 0.2) is 0 Å².